The molecule has 9 heteroatoms. The van der Waals surface area contributed by atoms with Crippen molar-refractivity contribution in [2.24, 2.45) is 0 Å². The number of nitrogens with one attached hydrogen (secondary N) is 2. The van der Waals surface area contributed by atoms with Crippen LogP contribution in [0.2, 0.25) is 0 Å². The summed E-state index contributed by atoms with van der Waals surface area (Å²) in [5, 5.41) is 11.6. The van der Waals surface area contributed by atoms with Crippen LogP contribution in [0.4, 0.5) is 5.69 Å². The minimum absolute atomic E-state index is 0.111. The van der Waals surface area contributed by atoms with E-state index in [9.17, 15) is 4.79 Å². The van der Waals surface area contributed by atoms with E-state index in [1.807, 2.05) is 61.0 Å². The third-order valence-corrected chi connectivity index (χ3v) is 6.59. The Hall–Kier alpha value is -2.52. The van der Waals surface area contributed by atoms with Crippen LogP contribution in [0.25, 0.3) is 0 Å². The molecular weight excluding hydrogens is 454 g/mol. The molecule has 0 spiro atoms. The Morgan fingerprint density at radius 3 is 2.66 bits per heavy atom. The van der Waals surface area contributed by atoms with Crippen molar-refractivity contribution in [1.82, 2.24) is 14.9 Å². The number of halogens is 1. The van der Waals surface area contributed by atoms with E-state index >= 15 is 0 Å². The number of benzene rings is 2. The first-order valence-corrected chi connectivity index (χ1v) is 10.7. The Morgan fingerprint density at radius 2 is 1.97 bits per heavy atom. The van der Waals surface area contributed by atoms with Crippen LogP contribution >= 0.6 is 27.7 Å². The lowest BCUT2D eigenvalue weighted by Crippen LogP contribution is -2.41. The van der Waals surface area contributed by atoms with Crippen LogP contribution < -0.4 is 15.5 Å². The highest BCUT2D eigenvalue weighted by molar-refractivity contribution is 9.10. The number of aromatic nitrogens is 3. The Bertz CT molecular complexity index is 1050. The van der Waals surface area contributed by atoms with Crippen molar-refractivity contribution < 1.29 is 9.53 Å². The van der Waals surface area contributed by atoms with Crippen molar-refractivity contribution in [1.29, 1.82) is 0 Å². The number of nitrogens with zero attached hydrogens (tertiary/aromatic N) is 3. The Labute approximate surface area is 181 Å². The lowest BCUT2D eigenvalue weighted by molar-refractivity contribution is -0.116. The van der Waals surface area contributed by atoms with E-state index in [0.29, 0.717) is 5.16 Å². The molecule has 4 rings (SSSR count). The minimum Gasteiger partial charge on any atom is -0.497 e. The number of aryl methyl sites for hydroxylation is 2. The summed E-state index contributed by atoms with van der Waals surface area (Å²) < 4.78 is 7.93. The fourth-order valence-electron chi connectivity index (χ4n) is 3.15. The van der Waals surface area contributed by atoms with Crippen LogP contribution in [-0.4, -0.2) is 33.1 Å². The van der Waals surface area contributed by atoms with Crippen molar-refractivity contribution in [2.45, 2.75) is 30.3 Å². The minimum atomic E-state index is -0.437. The van der Waals surface area contributed by atoms with Crippen molar-refractivity contribution >= 4 is 39.3 Å². The van der Waals surface area contributed by atoms with Gasteiger partial charge in [0.2, 0.25) is 11.1 Å². The molecule has 0 saturated heterocycles. The maximum absolute atomic E-state index is 13.3. The maximum atomic E-state index is 13.3. The predicted octanol–water partition coefficient (Wildman–Crippen LogP) is 4.06. The molecule has 0 radical (unpaired) electrons. The number of hydrogen-bond donors (Lipinski definition) is 2. The SMILES string of the molecule is COc1ccc([C@H]2Nn3c(C)nnc3S[C@H]2C(=O)Nc2ccc(C)cc2Br)cc1. The number of fused-ring (bicyclic) bond motifs is 1. The van der Waals surface area contributed by atoms with Crippen molar-refractivity contribution in [3.05, 3.63) is 63.9 Å². The van der Waals surface area contributed by atoms with E-state index in [-0.39, 0.29) is 11.9 Å². The monoisotopic (exact) mass is 473 g/mol. The fraction of sp³-hybridized carbons (Fsp3) is 0.250. The summed E-state index contributed by atoms with van der Waals surface area (Å²) in [6, 6.07) is 13.3. The zero-order valence-electron chi connectivity index (χ0n) is 16.1. The van der Waals surface area contributed by atoms with E-state index in [2.05, 4.69) is 36.9 Å². The normalized spacial score (nSPS) is 17.9. The molecule has 2 N–H and O–H groups in total. The fourth-order valence-corrected chi connectivity index (χ4v) is 4.86. The smallest absolute Gasteiger partial charge is 0.240 e. The molecular formula is C20H20BrN5O2S. The summed E-state index contributed by atoms with van der Waals surface area (Å²) in [6.07, 6.45) is 0. The second kappa shape index (κ2) is 8.08. The summed E-state index contributed by atoms with van der Waals surface area (Å²) >= 11 is 4.92. The van der Waals surface area contributed by atoms with E-state index in [1.165, 1.54) is 11.8 Å². The molecule has 1 aliphatic rings. The van der Waals surface area contributed by atoms with Crippen molar-refractivity contribution in [3.8, 4) is 5.75 Å². The first-order chi connectivity index (χ1) is 14.0. The molecule has 0 fully saturated rings. The van der Waals surface area contributed by atoms with Gasteiger partial charge in [0.05, 0.1) is 18.8 Å². The van der Waals surface area contributed by atoms with Crippen LogP contribution in [-0.2, 0) is 4.79 Å². The van der Waals surface area contributed by atoms with Crippen LogP contribution in [0.3, 0.4) is 0 Å². The molecule has 7 nitrogen and oxygen atoms in total. The largest absolute Gasteiger partial charge is 0.497 e. The van der Waals surface area contributed by atoms with Gasteiger partial charge in [-0.1, -0.05) is 30.0 Å². The van der Waals surface area contributed by atoms with E-state index in [1.54, 1.807) is 7.11 Å². The van der Waals surface area contributed by atoms with Gasteiger partial charge in [0.25, 0.3) is 0 Å². The highest BCUT2D eigenvalue weighted by atomic mass is 79.9. The van der Waals surface area contributed by atoms with Gasteiger partial charge in [-0.05, 0) is 65.2 Å². The zero-order chi connectivity index (χ0) is 20.5. The van der Waals surface area contributed by atoms with E-state index in [4.69, 9.17) is 4.74 Å². The molecule has 2 heterocycles. The number of carbonyl (C=O) groups is 1. The number of carbonyl (C=O) groups excluding carboxylic acids is 1. The number of methoxy groups -OCH3 is 1. The topological polar surface area (TPSA) is 81.1 Å². The average Bonchev–Trinajstić information content (AvgIpc) is 3.09. The second-order valence-corrected chi connectivity index (χ2v) is 8.72. The number of thioether (sulfide) groups is 1. The third kappa shape index (κ3) is 3.97. The van der Waals surface area contributed by atoms with Gasteiger partial charge in [0.1, 0.15) is 16.8 Å². The van der Waals surface area contributed by atoms with Crippen LogP contribution in [0.15, 0.2) is 52.1 Å². The van der Waals surface area contributed by atoms with Crippen LogP contribution in [0.5, 0.6) is 5.75 Å². The molecule has 29 heavy (non-hydrogen) atoms. The summed E-state index contributed by atoms with van der Waals surface area (Å²) in [6.45, 7) is 3.88. The van der Waals surface area contributed by atoms with Gasteiger partial charge < -0.3 is 15.5 Å². The molecule has 1 aromatic heterocycles. The highest BCUT2D eigenvalue weighted by Gasteiger charge is 2.37. The molecule has 3 aromatic rings. The molecule has 0 unspecified atom stereocenters. The van der Waals surface area contributed by atoms with Crippen molar-refractivity contribution in [3.63, 3.8) is 0 Å². The number of ether oxygens (including phenoxy) is 1. The number of hydrogen-bond acceptors (Lipinski definition) is 6. The highest BCUT2D eigenvalue weighted by Crippen LogP contribution is 2.38. The second-order valence-electron chi connectivity index (χ2n) is 6.76. The van der Waals surface area contributed by atoms with Crippen LogP contribution in [0, 0.1) is 13.8 Å². The van der Waals surface area contributed by atoms with Crippen LogP contribution in [0.1, 0.15) is 23.0 Å². The van der Waals surface area contributed by atoms with E-state index < -0.39 is 5.25 Å². The molecule has 0 bridgehead atoms. The van der Waals surface area contributed by atoms with Gasteiger partial charge in [-0.3, -0.25) is 4.79 Å². The summed E-state index contributed by atoms with van der Waals surface area (Å²) in [7, 11) is 1.63. The average molecular weight is 474 g/mol. The van der Waals surface area contributed by atoms with E-state index in [0.717, 1.165) is 32.9 Å². The van der Waals surface area contributed by atoms with Gasteiger partial charge >= 0.3 is 0 Å². The van der Waals surface area contributed by atoms with Gasteiger partial charge in [-0.2, -0.15) is 0 Å². The molecule has 2 aromatic carbocycles. The molecule has 0 aliphatic carbocycles. The lowest BCUT2D eigenvalue weighted by Gasteiger charge is -2.32. The zero-order valence-corrected chi connectivity index (χ0v) is 18.5. The lowest BCUT2D eigenvalue weighted by atomic mass is 10.0. The maximum Gasteiger partial charge on any atom is 0.240 e. The number of amides is 1. The Morgan fingerprint density at radius 1 is 1.21 bits per heavy atom. The van der Waals surface area contributed by atoms with Gasteiger partial charge in [0, 0.05) is 4.47 Å². The molecule has 1 amide bonds. The van der Waals surface area contributed by atoms with Gasteiger partial charge in [-0.15, -0.1) is 10.2 Å². The molecule has 0 saturated carbocycles. The Kier molecular flexibility index (Phi) is 5.51. The van der Waals surface area contributed by atoms with Gasteiger partial charge in [0.15, 0.2) is 0 Å². The predicted molar refractivity (Wildman–Crippen MR) is 117 cm³/mol. The quantitative estimate of drug-likeness (QED) is 0.594. The summed E-state index contributed by atoms with van der Waals surface area (Å²) in [5.41, 5.74) is 6.22. The first-order valence-electron chi connectivity index (χ1n) is 9.02. The van der Waals surface area contributed by atoms with Crippen molar-refractivity contribution in [2.75, 3.05) is 17.9 Å². The Balaban J connectivity index is 1.66. The standard InChI is InChI=1S/C20H20BrN5O2S/c1-11-4-9-16(15(21)10-11)22-19(27)18-17(13-5-7-14(28-3)8-6-13)25-26-12(2)23-24-20(26)29-18/h4-10,17-18,25H,1-3H3,(H,22,27)/t17-,18-/m1/s1. The molecule has 2 atom stereocenters. The molecule has 150 valence electrons. The first kappa shape index (κ1) is 19.8. The number of anilines is 1. The summed E-state index contributed by atoms with van der Waals surface area (Å²) in [4.78, 5) is 13.3. The molecule has 1 aliphatic heterocycles. The summed E-state index contributed by atoms with van der Waals surface area (Å²) in [5.74, 6) is 1.40. The van der Waals surface area contributed by atoms with Gasteiger partial charge in [-0.25, -0.2) is 4.68 Å². The third-order valence-electron chi connectivity index (χ3n) is 4.71. The number of rotatable bonds is 4.